The highest BCUT2D eigenvalue weighted by Crippen LogP contribution is 2.37. The van der Waals surface area contributed by atoms with Crippen LogP contribution in [0.3, 0.4) is 0 Å². The van der Waals surface area contributed by atoms with Crippen molar-refractivity contribution in [1.82, 2.24) is 10.8 Å². The molecule has 1 amide bonds. The van der Waals surface area contributed by atoms with Crippen molar-refractivity contribution in [3.8, 4) is 0 Å². The Labute approximate surface area is 590 Å². The quantitative estimate of drug-likeness (QED) is 0.0165. The molecule has 11 rings (SSSR count). The van der Waals surface area contributed by atoms with E-state index in [4.69, 9.17) is 67.4 Å². The first-order chi connectivity index (χ1) is 50.2. The number of nitrogens with one attached hydrogen (secondary N) is 2. The number of methoxy groups -OCH3 is 1. The Hall–Kier alpha value is -11.0. The van der Waals surface area contributed by atoms with Crippen molar-refractivity contribution in [2.24, 2.45) is 5.73 Å². The molecule has 0 aliphatic carbocycles. The van der Waals surface area contributed by atoms with Gasteiger partial charge in [-0.15, -0.1) is 0 Å². The van der Waals surface area contributed by atoms with Crippen molar-refractivity contribution in [3.05, 3.63) is 286 Å². The van der Waals surface area contributed by atoms with Crippen molar-refractivity contribution in [2.75, 3.05) is 26.9 Å². The molecule has 0 saturated carbocycles. The predicted molar refractivity (Wildman–Crippen MR) is 360 cm³/mol. The van der Waals surface area contributed by atoms with Gasteiger partial charge in [0.15, 0.2) is 43.5 Å². The number of ether oxygens (including phenoxy) is 12. The van der Waals surface area contributed by atoms with Gasteiger partial charge in [-0.3, -0.25) is 19.2 Å². The predicted octanol–water partition coefficient (Wildman–Crippen LogP) is 7.03. The molecule has 3 heterocycles. The van der Waals surface area contributed by atoms with Crippen LogP contribution in [0.15, 0.2) is 231 Å². The van der Waals surface area contributed by atoms with E-state index in [-0.39, 0.29) is 50.1 Å². The zero-order valence-corrected chi connectivity index (χ0v) is 55.1. The number of aliphatic hydroxyl groups is 1. The van der Waals surface area contributed by atoms with E-state index >= 15 is 4.79 Å². The standard InChI is InChI=1S/C77H71N3O23/c1-91-75-59(78)65(99-72(88)49-30-14-5-15-31-49)63(57(97-75)44-93-70(86)47-26-10-3-11-27-47)102-77-61(80-95-42-54-38-21-20-36-52(54)40-81)67(101-74(90)51-34-18-7-19-35-51)64(58(98-77)45-94-71(87)48-28-12-4-13-29-48)103-76-60(79-68(84)55-39-23-22-37-53(55)41-82)66(100-73(89)50-32-16-6-17-33-50)62(83)56(96-76)43-92-69(85)46-24-8-2-9-25-46/h2-41,56-67,75-77,80,83H,42-45,78H2,1H3,(H,79,84). The molecule has 8 aromatic carbocycles. The Balaban J connectivity index is 1.08. The summed E-state index contributed by atoms with van der Waals surface area (Å²) in [5.74, 6) is -6.63. The zero-order chi connectivity index (χ0) is 72.2. The average molecular weight is 1410 g/mol. The normalized spacial score (nSPS) is 24.4. The van der Waals surface area contributed by atoms with Crippen LogP contribution in [0.5, 0.6) is 0 Å². The Morgan fingerprint density at radius 2 is 0.777 bits per heavy atom. The second-order valence-electron chi connectivity index (χ2n) is 23.7. The lowest BCUT2D eigenvalue weighted by Crippen LogP contribution is -2.71. The van der Waals surface area contributed by atoms with E-state index in [9.17, 15) is 43.5 Å². The van der Waals surface area contributed by atoms with E-state index in [1.165, 1.54) is 110 Å². The number of rotatable bonds is 28. The van der Waals surface area contributed by atoms with Crippen molar-refractivity contribution < 1.29 is 110 Å². The number of nitrogens with two attached hydrogens (primary N) is 1. The van der Waals surface area contributed by atoms with E-state index in [0.717, 1.165) is 0 Å². The van der Waals surface area contributed by atoms with Crippen LogP contribution in [-0.4, -0.2) is 178 Å². The molecule has 26 heteroatoms. The Morgan fingerprint density at radius 1 is 0.417 bits per heavy atom. The third-order valence-corrected chi connectivity index (χ3v) is 17.0. The first-order valence-corrected chi connectivity index (χ1v) is 32.6. The highest BCUT2D eigenvalue weighted by molar-refractivity contribution is 6.01. The average Bonchev–Trinajstić information content (AvgIpc) is 0.761. The summed E-state index contributed by atoms with van der Waals surface area (Å²) in [7, 11) is 1.28. The second-order valence-corrected chi connectivity index (χ2v) is 23.7. The molecule has 0 spiro atoms. The van der Waals surface area contributed by atoms with Crippen LogP contribution in [0.1, 0.15) is 98.8 Å². The van der Waals surface area contributed by atoms with Crippen LogP contribution in [0.25, 0.3) is 0 Å². The number of hydrogen-bond donors (Lipinski definition) is 4. The van der Waals surface area contributed by atoms with Crippen molar-refractivity contribution in [1.29, 1.82) is 0 Å². The summed E-state index contributed by atoms with van der Waals surface area (Å²) in [4.78, 5) is 132. The zero-order valence-electron chi connectivity index (χ0n) is 55.1. The van der Waals surface area contributed by atoms with E-state index < -0.39 is 160 Å². The van der Waals surface area contributed by atoms with Crippen LogP contribution < -0.4 is 16.5 Å². The van der Waals surface area contributed by atoms with Gasteiger partial charge in [-0.1, -0.05) is 152 Å². The number of benzene rings is 8. The van der Waals surface area contributed by atoms with Gasteiger partial charge < -0.3 is 73.0 Å². The molecule has 3 aliphatic rings. The van der Waals surface area contributed by atoms with Gasteiger partial charge in [0.05, 0.1) is 46.0 Å². The number of amides is 1. The number of carbonyl (C=O) groups excluding carboxylic acids is 9. The first-order valence-electron chi connectivity index (χ1n) is 32.6. The maximum Gasteiger partial charge on any atom is 0.338 e. The molecule has 0 aromatic heterocycles. The van der Waals surface area contributed by atoms with E-state index in [0.29, 0.717) is 18.1 Å². The minimum Gasteiger partial charge on any atom is -0.459 e. The molecule has 532 valence electrons. The first kappa shape index (κ1) is 73.2. The lowest BCUT2D eigenvalue weighted by atomic mass is 9.93. The van der Waals surface area contributed by atoms with Crippen molar-refractivity contribution >= 4 is 54.3 Å². The number of esters is 6. The maximum absolute atomic E-state index is 15.2. The molecule has 103 heavy (non-hydrogen) atoms. The van der Waals surface area contributed by atoms with Crippen LogP contribution >= 0.6 is 0 Å². The fourth-order valence-corrected chi connectivity index (χ4v) is 11.7. The minimum absolute atomic E-state index is 0.0255. The summed E-state index contributed by atoms with van der Waals surface area (Å²) in [6, 6.07) is 53.5. The molecule has 5 N–H and O–H groups in total. The highest BCUT2D eigenvalue weighted by atomic mass is 16.8. The number of hydroxylamine groups is 1. The largest absolute Gasteiger partial charge is 0.459 e. The van der Waals surface area contributed by atoms with Gasteiger partial charge in [0.1, 0.15) is 74.8 Å². The Kier molecular flexibility index (Phi) is 25.3. The number of carbonyl (C=O) groups is 9. The topological polar surface area (TPSA) is 344 Å². The van der Waals surface area contributed by atoms with Gasteiger partial charge in [0, 0.05) is 23.8 Å². The van der Waals surface area contributed by atoms with Gasteiger partial charge in [0.2, 0.25) is 0 Å². The molecule has 8 aromatic rings. The number of hydrogen-bond acceptors (Lipinski definition) is 25. The van der Waals surface area contributed by atoms with Crippen LogP contribution in [0.4, 0.5) is 0 Å². The molecule has 15 unspecified atom stereocenters. The van der Waals surface area contributed by atoms with Gasteiger partial charge >= 0.3 is 35.8 Å². The maximum atomic E-state index is 15.2. The highest BCUT2D eigenvalue weighted by Gasteiger charge is 2.58. The molecule has 3 saturated heterocycles. The summed E-state index contributed by atoms with van der Waals surface area (Å²) in [6.07, 6.45) is -20.8. The van der Waals surface area contributed by atoms with Crippen LogP contribution in [-0.2, 0) is 68.3 Å². The molecule has 26 nitrogen and oxygen atoms in total. The summed E-state index contributed by atoms with van der Waals surface area (Å²) in [6.45, 7) is -2.73. The SMILES string of the molecule is COC1OC(COC(=O)c2ccccc2)C(OC2OC(COC(=O)c3ccccc3)C(OC3OC(COC(=O)c4ccccc4)C(O)C(OC(=O)c4ccccc4)C3NC(=O)c3ccccc3C=O)C(OC(=O)c3ccccc3)C2NOCc2ccccc2C=O)C(OC(=O)c2ccccc2)C1N. The van der Waals surface area contributed by atoms with Gasteiger partial charge in [-0.25, -0.2) is 28.8 Å². The van der Waals surface area contributed by atoms with Crippen LogP contribution in [0, 0.1) is 0 Å². The smallest absolute Gasteiger partial charge is 0.338 e. The van der Waals surface area contributed by atoms with Gasteiger partial charge in [0.25, 0.3) is 5.91 Å². The fraction of sp³-hybridized carbons (Fsp3) is 0.260. The summed E-state index contributed by atoms with van der Waals surface area (Å²) in [5, 5.41) is 15.4. The third-order valence-electron chi connectivity index (χ3n) is 17.0. The molecule has 15 atom stereocenters. The molecule has 0 bridgehead atoms. The lowest BCUT2D eigenvalue weighted by molar-refractivity contribution is -0.356. The molecule has 3 aliphatic heterocycles. The van der Waals surface area contributed by atoms with E-state index in [1.807, 2.05) is 0 Å². The van der Waals surface area contributed by atoms with Crippen LogP contribution in [0.2, 0.25) is 0 Å². The summed E-state index contributed by atoms with van der Waals surface area (Å²) in [5.41, 5.74) is 10.4. The number of aldehydes is 2. The molecule has 0 radical (unpaired) electrons. The van der Waals surface area contributed by atoms with E-state index in [2.05, 4.69) is 10.8 Å². The van der Waals surface area contributed by atoms with Crippen molar-refractivity contribution in [2.45, 2.75) is 98.5 Å². The molecule has 3 fully saturated rings. The third kappa shape index (κ3) is 18.4. The van der Waals surface area contributed by atoms with Crippen molar-refractivity contribution in [3.63, 3.8) is 0 Å². The summed E-state index contributed by atoms with van der Waals surface area (Å²) < 4.78 is 77.1. The molecular formula is C77H71N3O23. The lowest BCUT2D eigenvalue weighted by Gasteiger charge is -2.51. The van der Waals surface area contributed by atoms with Gasteiger partial charge in [-0.2, -0.15) is 5.48 Å². The molecular weight excluding hydrogens is 1330 g/mol. The monoisotopic (exact) mass is 1410 g/mol. The Morgan fingerprint density at radius 3 is 1.23 bits per heavy atom. The second kappa shape index (κ2) is 35.5. The van der Waals surface area contributed by atoms with Gasteiger partial charge in [-0.05, 0) is 84.4 Å². The Bertz CT molecular complexity index is 4180. The summed E-state index contributed by atoms with van der Waals surface area (Å²) >= 11 is 0. The van der Waals surface area contributed by atoms with E-state index in [1.54, 1.807) is 127 Å². The minimum atomic E-state index is -2.11. The number of aliphatic hydroxyl groups excluding tert-OH is 1. The fourth-order valence-electron chi connectivity index (χ4n) is 11.7.